The predicted octanol–water partition coefficient (Wildman–Crippen LogP) is 3.64. The van der Waals surface area contributed by atoms with E-state index in [1.165, 1.54) is 12.1 Å². The van der Waals surface area contributed by atoms with Gasteiger partial charge in [-0.1, -0.05) is 53.5 Å². The lowest BCUT2D eigenvalue weighted by molar-refractivity contribution is -0.118. The van der Waals surface area contributed by atoms with Gasteiger partial charge in [-0.25, -0.2) is 0 Å². The summed E-state index contributed by atoms with van der Waals surface area (Å²) in [5, 5.41) is 13.1. The van der Waals surface area contributed by atoms with E-state index in [9.17, 15) is 9.90 Å². The predicted molar refractivity (Wildman–Crippen MR) is 85.5 cm³/mol. The fourth-order valence-corrected chi connectivity index (χ4v) is 2.32. The van der Waals surface area contributed by atoms with Gasteiger partial charge >= 0.3 is 0 Å². The molecule has 6 heteroatoms. The van der Waals surface area contributed by atoms with Crippen LogP contribution in [0.5, 0.6) is 0 Å². The number of nitrogens with two attached hydrogens (primary N) is 1. The molecule has 0 bridgehead atoms. The number of carbonyl (C=O) groups excluding carboxylic acids is 1. The molecular formula is C15H14Cl2N2O2. The first-order chi connectivity index (χ1) is 9.97. The number of hydrogen-bond donors (Lipinski definition) is 3. The van der Waals surface area contributed by atoms with Crippen LogP contribution in [0.2, 0.25) is 10.0 Å². The third kappa shape index (κ3) is 4.11. The molecule has 0 radical (unpaired) electrons. The van der Waals surface area contributed by atoms with E-state index in [0.717, 1.165) is 0 Å². The minimum absolute atomic E-state index is 0.0658. The summed E-state index contributed by atoms with van der Waals surface area (Å²) in [5.41, 5.74) is 7.00. The number of hydrogen-bond acceptors (Lipinski definition) is 3. The van der Waals surface area contributed by atoms with E-state index in [1.807, 2.05) is 6.07 Å². The molecule has 1 unspecified atom stereocenters. The van der Waals surface area contributed by atoms with E-state index in [2.05, 4.69) is 5.32 Å². The third-order valence-corrected chi connectivity index (χ3v) is 3.55. The largest absolute Gasteiger partial charge is 0.396 e. The van der Waals surface area contributed by atoms with Gasteiger partial charge in [-0.2, -0.15) is 0 Å². The Morgan fingerprint density at radius 2 is 1.76 bits per heavy atom. The normalized spacial score (nSPS) is 12.0. The van der Waals surface area contributed by atoms with Crippen molar-refractivity contribution in [3.8, 4) is 0 Å². The van der Waals surface area contributed by atoms with E-state index < -0.39 is 6.10 Å². The van der Waals surface area contributed by atoms with Crippen LogP contribution in [-0.4, -0.2) is 11.0 Å². The molecule has 0 aliphatic rings. The molecule has 2 aromatic carbocycles. The van der Waals surface area contributed by atoms with E-state index >= 15 is 0 Å². The van der Waals surface area contributed by atoms with Crippen LogP contribution in [0, 0.1) is 0 Å². The van der Waals surface area contributed by atoms with Crippen LogP contribution in [0.3, 0.4) is 0 Å². The Morgan fingerprint density at radius 3 is 2.33 bits per heavy atom. The second kappa shape index (κ2) is 6.80. The number of benzene rings is 2. The van der Waals surface area contributed by atoms with Gasteiger partial charge in [-0.3, -0.25) is 4.79 Å². The number of carbonyl (C=O) groups is 1. The van der Waals surface area contributed by atoms with Gasteiger partial charge in [0.05, 0.1) is 28.3 Å². The van der Waals surface area contributed by atoms with E-state index in [1.54, 1.807) is 24.3 Å². The Labute approximate surface area is 132 Å². The summed E-state index contributed by atoms with van der Waals surface area (Å²) in [5.74, 6) is -0.344. The summed E-state index contributed by atoms with van der Waals surface area (Å²) in [7, 11) is 0. The van der Waals surface area contributed by atoms with Crippen LogP contribution >= 0.6 is 23.2 Å². The quantitative estimate of drug-likeness (QED) is 0.751. The summed E-state index contributed by atoms with van der Waals surface area (Å²) in [6.07, 6.45) is -0.935. The summed E-state index contributed by atoms with van der Waals surface area (Å²) in [6.45, 7) is 0. The van der Waals surface area contributed by atoms with E-state index in [0.29, 0.717) is 11.3 Å². The van der Waals surface area contributed by atoms with Crippen LogP contribution in [-0.2, 0) is 4.79 Å². The highest BCUT2D eigenvalue weighted by molar-refractivity contribution is 6.39. The first kappa shape index (κ1) is 15.6. The summed E-state index contributed by atoms with van der Waals surface area (Å²) < 4.78 is 0. The Bertz CT molecular complexity index is 624. The molecule has 110 valence electrons. The number of halogens is 2. The second-order valence-corrected chi connectivity index (χ2v) is 5.35. The number of aliphatic hydroxyl groups excluding tert-OH is 1. The first-order valence-corrected chi connectivity index (χ1v) is 7.00. The molecule has 1 atom stereocenters. The molecule has 1 amide bonds. The molecule has 0 fully saturated rings. The Kier molecular flexibility index (Phi) is 5.07. The maximum Gasteiger partial charge on any atom is 0.227 e. The number of aliphatic hydroxyl groups is 1. The van der Waals surface area contributed by atoms with Crippen molar-refractivity contribution >= 4 is 40.5 Å². The number of nitrogens with one attached hydrogen (secondary N) is 1. The zero-order valence-corrected chi connectivity index (χ0v) is 12.5. The van der Waals surface area contributed by atoms with Crippen LogP contribution in [0.1, 0.15) is 18.1 Å². The van der Waals surface area contributed by atoms with Gasteiger partial charge in [0.15, 0.2) is 0 Å². The van der Waals surface area contributed by atoms with Gasteiger partial charge in [0.25, 0.3) is 0 Å². The van der Waals surface area contributed by atoms with E-state index in [-0.39, 0.29) is 28.1 Å². The van der Waals surface area contributed by atoms with E-state index in [4.69, 9.17) is 28.9 Å². The van der Waals surface area contributed by atoms with Crippen molar-refractivity contribution in [3.05, 3.63) is 58.1 Å². The van der Waals surface area contributed by atoms with Gasteiger partial charge in [0, 0.05) is 5.69 Å². The smallest absolute Gasteiger partial charge is 0.227 e. The van der Waals surface area contributed by atoms with Crippen molar-refractivity contribution < 1.29 is 9.90 Å². The van der Waals surface area contributed by atoms with Crippen molar-refractivity contribution in [1.82, 2.24) is 0 Å². The minimum Gasteiger partial charge on any atom is -0.396 e. The monoisotopic (exact) mass is 324 g/mol. The van der Waals surface area contributed by atoms with Gasteiger partial charge in [0.1, 0.15) is 0 Å². The molecule has 0 heterocycles. The zero-order chi connectivity index (χ0) is 15.4. The fourth-order valence-electron chi connectivity index (χ4n) is 1.84. The Hall–Kier alpha value is -1.75. The molecule has 0 aliphatic carbocycles. The number of amides is 1. The highest BCUT2D eigenvalue weighted by Crippen LogP contribution is 2.31. The molecule has 0 aromatic heterocycles. The maximum atomic E-state index is 11.9. The summed E-state index contributed by atoms with van der Waals surface area (Å²) in [4.78, 5) is 11.9. The topological polar surface area (TPSA) is 75.3 Å². The van der Waals surface area contributed by atoms with Crippen molar-refractivity contribution in [2.24, 2.45) is 0 Å². The lowest BCUT2D eigenvalue weighted by atomic mass is 10.1. The van der Waals surface area contributed by atoms with Crippen LogP contribution in [0.25, 0.3) is 0 Å². The molecule has 0 saturated heterocycles. The molecule has 21 heavy (non-hydrogen) atoms. The minimum atomic E-state index is -0.870. The van der Waals surface area contributed by atoms with Gasteiger partial charge in [-0.15, -0.1) is 0 Å². The molecule has 2 aromatic rings. The van der Waals surface area contributed by atoms with Crippen LogP contribution in [0.4, 0.5) is 11.4 Å². The molecule has 0 aliphatic heterocycles. The second-order valence-electron chi connectivity index (χ2n) is 4.53. The number of rotatable bonds is 4. The zero-order valence-electron chi connectivity index (χ0n) is 11.0. The molecule has 4 nitrogen and oxygen atoms in total. The number of anilines is 2. The average Bonchev–Trinajstić information content (AvgIpc) is 2.45. The first-order valence-electron chi connectivity index (χ1n) is 6.24. The number of nitrogen functional groups attached to an aromatic ring is 1. The molecule has 0 spiro atoms. The average molecular weight is 325 g/mol. The van der Waals surface area contributed by atoms with Gasteiger partial charge in [0.2, 0.25) is 5.91 Å². The van der Waals surface area contributed by atoms with Crippen molar-refractivity contribution in [3.63, 3.8) is 0 Å². The van der Waals surface area contributed by atoms with Crippen LogP contribution in [0.15, 0.2) is 42.5 Å². The highest BCUT2D eigenvalue weighted by Gasteiger charge is 2.14. The third-order valence-electron chi connectivity index (χ3n) is 2.93. The van der Waals surface area contributed by atoms with Crippen LogP contribution < -0.4 is 11.1 Å². The summed E-state index contributed by atoms with van der Waals surface area (Å²) in [6, 6.07) is 12.0. The highest BCUT2D eigenvalue weighted by atomic mass is 35.5. The SMILES string of the molecule is Nc1c(Cl)cc(NC(=O)CC(O)c2ccccc2)cc1Cl. The Balaban J connectivity index is 2.02. The lowest BCUT2D eigenvalue weighted by Gasteiger charge is -2.12. The molecule has 2 rings (SSSR count). The standard InChI is InChI=1S/C15H14Cl2N2O2/c16-11-6-10(7-12(17)15(11)18)19-14(21)8-13(20)9-4-2-1-3-5-9/h1-7,13,20H,8,18H2,(H,19,21). The van der Waals surface area contributed by atoms with Crippen molar-refractivity contribution in [2.45, 2.75) is 12.5 Å². The maximum absolute atomic E-state index is 11.9. The van der Waals surface area contributed by atoms with Gasteiger partial charge in [-0.05, 0) is 17.7 Å². The fraction of sp³-hybridized carbons (Fsp3) is 0.133. The lowest BCUT2D eigenvalue weighted by Crippen LogP contribution is -2.15. The summed E-state index contributed by atoms with van der Waals surface area (Å²) >= 11 is 11.8. The molecule has 0 saturated carbocycles. The van der Waals surface area contributed by atoms with Crippen molar-refractivity contribution in [1.29, 1.82) is 0 Å². The molecule has 4 N–H and O–H groups in total. The molecular weight excluding hydrogens is 311 g/mol. The van der Waals surface area contributed by atoms with Gasteiger partial charge < -0.3 is 16.2 Å². The van der Waals surface area contributed by atoms with Crippen molar-refractivity contribution in [2.75, 3.05) is 11.1 Å². The Morgan fingerprint density at radius 1 is 1.19 bits per heavy atom.